The summed E-state index contributed by atoms with van der Waals surface area (Å²) in [5, 5.41) is 25.0. The molecule has 0 aliphatic heterocycles. The Morgan fingerprint density at radius 3 is 2.17 bits per heavy atom. The van der Waals surface area contributed by atoms with Gasteiger partial charge in [-0.1, -0.05) is 48.5 Å². The summed E-state index contributed by atoms with van der Waals surface area (Å²) in [4.78, 5) is 0. The van der Waals surface area contributed by atoms with Crippen LogP contribution in [0, 0.1) is 0 Å². The minimum Gasteiger partial charge on any atom is -0.389 e. The highest BCUT2D eigenvalue weighted by Crippen LogP contribution is 2.30. The molecule has 0 radical (unpaired) electrons. The summed E-state index contributed by atoms with van der Waals surface area (Å²) in [7, 11) is 0. The van der Waals surface area contributed by atoms with Crippen LogP contribution >= 0.6 is 12.6 Å². The lowest BCUT2D eigenvalue weighted by molar-refractivity contribution is 0.0341. The summed E-state index contributed by atoms with van der Waals surface area (Å²) in [5.41, 5.74) is 3.02. The van der Waals surface area contributed by atoms with Gasteiger partial charge in [-0.3, -0.25) is 0 Å². The lowest BCUT2D eigenvalue weighted by Gasteiger charge is -2.15. The second-order valence-electron chi connectivity index (χ2n) is 5.27. The van der Waals surface area contributed by atoms with Gasteiger partial charge in [-0.05, 0) is 12.1 Å². The maximum absolute atomic E-state index is 10.4. The molecule has 2 aromatic carbocycles. The zero-order valence-electron chi connectivity index (χ0n) is 12.4. The minimum absolute atomic E-state index is 0.173. The largest absolute Gasteiger partial charge is 0.389 e. The van der Waals surface area contributed by atoms with Crippen LogP contribution in [0.25, 0.3) is 16.9 Å². The first-order valence-electron chi connectivity index (χ1n) is 7.38. The number of para-hydroxylation sites is 1. The van der Waals surface area contributed by atoms with Crippen molar-refractivity contribution in [3.8, 4) is 16.9 Å². The molecule has 4 nitrogen and oxygen atoms in total. The van der Waals surface area contributed by atoms with E-state index in [2.05, 4.69) is 17.7 Å². The molecule has 2 unspecified atom stereocenters. The van der Waals surface area contributed by atoms with Gasteiger partial charge in [-0.25, -0.2) is 4.68 Å². The van der Waals surface area contributed by atoms with Crippen molar-refractivity contribution >= 4 is 12.6 Å². The summed E-state index contributed by atoms with van der Waals surface area (Å²) in [6.45, 7) is 0. The van der Waals surface area contributed by atoms with Gasteiger partial charge in [-0.15, -0.1) is 0 Å². The third-order valence-electron chi connectivity index (χ3n) is 3.68. The van der Waals surface area contributed by atoms with Crippen LogP contribution in [0.4, 0.5) is 0 Å². The molecule has 0 saturated carbocycles. The van der Waals surface area contributed by atoms with Crippen molar-refractivity contribution in [2.75, 3.05) is 5.75 Å². The van der Waals surface area contributed by atoms with Crippen molar-refractivity contribution < 1.29 is 10.2 Å². The summed E-state index contributed by atoms with van der Waals surface area (Å²) in [6.07, 6.45) is -0.232. The van der Waals surface area contributed by atoms with Crippen LogP contribution in [0.3, 0.4) is 0 Å². The lowest BCUT2D eigenvalue weighted by atomic mass is 10.0. The summed E-state index contributed by atoms with van der Waals surface area (Å²) < 4.78 is 1.71. The molecule has 0 fully saturated rings. The van der Waals surface area contributed by atoms with E-state index in [0.717, 1.165) is 11.3 Å². The van der Waals surface area contributed by atoms with Crippen LogP contribution in [0.1, 0.15) is 11.7 Å². The van der Waals surface area contributed by atoms with E-state index in [-0.39, 0.29) is 5.75 Å². The molecule has 0 amide bonds. The maximum atomic E-state index is 10.4. The Hall–Kier alpha value is -2.08. The zero-order valence-corrected chi connectivity index (χ0v) is 13.3. The van der Waals surface area contributed by atoms with Gasteiger partial charge in [0, 0.05) is 23.1 Å². The maximum Gasteiger partial charge on any atom is 0.109 e. The van der Waals surface area contributed by atoms with Crippen molar-refractivity contribution in [2.45, 2.75) is 12.2 Å². The molecule has 0 bridgehead atoms. The average molecular weight is 326 g/mol. The third kappa shape index (κ3) is 3.32. The van der Waals surface area contributed by atoms with Crippen LogP contribution in [0.5, 0.6) is 0 Å². The van der Waals surface area contributed by atoms with Crippen LogP contribution in [0.15, 0.2) is 66.9 Å². The second-order valence-corrected chi connectivity index (χ2v) is 5.64. The highest BCUT2D eigenvalue weighted by Gasteiger charge is 2.24. The van der Waals surface area contributed by atoms with Crippen molar-refractivity contribution in [3.63, 3.8) is 0 Å². The molecular formula is C18H18N2O2S. The fraction of sp³-hybridized carbons (Fsp3) is 0.167. The fourth-order valence-corrected chi connectivity index (χ4v) is 2.64. The number of thiol groups is 1. The smallest absolute Gasteiger partial charge is 0.109 e. The molecule has 0 aliphatic carbocycles. The first-order valence-corrected chi connectivity index (χ1v) is 8.01. The molecule has 0 saturated heterocycles. The molecule has 3 aromatic rings. The van der Waals surface area contributed by atoms with Crippen molar-refractivity contribution in [3.05, 3.63) is 72.4 Å². The summed E-state index contributed by atoms with van der Waals surface area (Å²) in [5.74, 6) is 0.173. The van der Waals surface area contributed by atoms with Gasteiger partial charge in [0.2, 0.25) is 0 Å². The molecule has 3 rings (SSSR count). The van der Waals surface area contributed by atoms with Gasteiger partial charge in [0.1, 0.15) is 6.10 Å². The topological polar surface area (TPSA) is 58.3 Å². The van der Waals surface area contributed by atoms with E-state index in [1.54, 1.807) is 10.9 Å². The molecule has 1 heterocycles. The Balaban J connectivity index is 2.11. The number of benzene rings is 2. The Labute approximate surface area is 140 Å². The summed E-state index contributed by atoms with van der Waals surface area (Å²) >= 11 is 4.07. The van der Waals surface area contributed by atoms with Crippen LogP contribution in [-0.4, -0.2) is 31.9 Å². The SMILES string of the molecule is OC(CS)C(O)c1cn(-c2ccccc2)nc1-c1ccccc1. The zero-order chi connectivity index (χ0) is 16.2. The van der Waals surface area contributed by atoms with Gasteiger partial charge >= 0.3 is 0 Å². The molecule has 2 N–H and O–H groups in total. The number of hydrogen-bond donors (Lipinski definition) is 3. The average Bonchev–Trinajstić information content (AvgIpc) is 3.07. The van der Waals surface area contributed by atoms with E-state index in [0.29, 0.717) is 11.3 Å². The first kappa shape index (κ1) is 15.8. The van der Waals surface area contributed by atoms with Crippen LogP contribution in [0.2, 0.25) is 0 Å². The molecule has 5 heteroatoms. The number of aliphatic hydroxyl groups is 2. The highest BCUT2D eigenvalue weighted by molar-refractivity contribution is 7.80. The fourth-order valence-electron chi connectivity index (χ4n) is 2.44. The number of aromatic nitrogens is 2. The van der Waals surface area contributed by atoms with Crippen molar-refractivity contribution in [2.24, 2.45) is 0 Å². The van der Waals surface area contributed by atoms with E-state index in [4.69, 9.17) is 0 Å². The molecule has 2 atom stereocenters. The molecule has 0 aliphatic rings. The number of rotatable bonds is 5. The van der Waals surface area contributed by atoms with Gasteiger partial charge in [-0.2, -0.15) is 17.7 Å². The van der Waals surface area contributed by atoms with Gasteiger partial charge < -0.3 is 10.2 Å². The number of nitrogens with zero attached hydrogens (tertiary/aromatic N) is 2. The predicted octanol–water partition coefficient (Wildman–Crippen LogP) is 2.86. The van der Waals surface area contributed by atoms with E-state index >= 15 is 0 Å². The third-order valence-corrected chi connectivity index (χ3v) is 4.05. The van der Waals surface area contributed by atoms with Gasteiger partial charge in [0.25, 0.3) is 0 Å². The highest BCUT2D eigenvalue weighted by atomic mass is 32.1. The van der Waals surface area contributed by atoms with E-state index < -0.39 is 12.2 Å². The van der Waals surface area contributed by atoms with Gasteiger partial charge in [0.15, 0.2) is 0 Å². The first-order chi connectivity index (χ1) is 11.2. The molecular weight excluding hydrogens is 308 g/mol. The van der Waals surface area contributed by atoms with Crippen LogP contribution in [-0.2, 0) is 0 Å². The quantitative estimate of drug-likeness (QED) is 0.632. The van der Waals surface area contributed by atoms with E-state index in [9.17, 15) is 10.2 Å². The van der Waals surface area contributed by atoms with Crippen LogP contribution < -0.4 is 0 Å². The monoisotopic (exact) mass is 326 g/mol. The molecule has 1 aromatic heterocycles. The Bertz CT molecular complexity index is 759. The Morgan fingerprint density at radius 2 is 1.57 bits per heavy atom. The lowest BCUT2D eigenvalue weighted by Crippen LogP contribution is -2.19. The minimum atomic E-state index is -1.04. The van der Waals surface area contributed by atoms with Crippen molar-refractivity contribution in [1.29, 1.82) is 0 Å². The molecule has 23 heavy (non-hydrogen) atoms. The van der Waals surface area contributed by atoms with Crippen molar-refractivity contribution in [1.82, 2.24) is 9.78 Å². The predicted molar refractivity (Wildman–Crippen MR) is 93.8 cm³/mol. The molecule has 0 spiro atoms. The Morgan fingerprint density at radius 1 is 0.957 bits per heavy atom. The standard InChI is InChI=1S/C18H18N2O2S/c21-16(12-23)18(22)15-11-20(14-9-5-2-6-10-14)19-17(15)13-7-3-1-4-8-13/h1-11,16,18,21-23H,12H2. The normalized spacial score (nSPS) is 13.7. The summed E-state index contributed by atoms with van der Waals surface area (Å²) in [6, 6.07) is 19.3. The molecule has 118 valence electrons. The number of aliphatic hydroxyl groups excluding tert-OH is 2. The second kappa shape index (κ2) is 7.00. The Kier molecular flexibility index (Phi) is 4.81. The van der Waals surface area contributed by atoms with E-state index in [1.165, 1.54) is 0 Å². The number of hydrogen-bond acceptors (Lipinski definition) is 4. The van der Waals surface area contributed by atoms with Gasteiger partial charge in [0.05, 0.1) is 17.5 Å². The van der Waals surface area contributed by atoms with E-state index in [1.807, 2.05) is 60.7 Å².